The van der Waals surface area contributed by atoms with E-state index in [-0.39, 0.29) is 30.0 Å². The molecule has 0 amide bonds. The first-order chi connectivity index (χ1) is 11.0. The molecule has 126 valence electrons. The van der Waals surface area contributed by atoms with Crippen LogP contribution in [0.3, 0.4) is 0 Å². The Morgan fingerprint density at radius 3 is 3.04 bits per heavy atom. The quantitative estimate of drug-likeness (QED) is 0.599. The summed E-state index contributed by atoms with van der Waals surface area (Å²) in [5.74, 6) is 0.821. The molecular formula is C14H22N6O3. The van der Waals surface area contributed by atoms with Crippen molar-refractivity contribution in [1.29, 1.82) is 0 Å². The molecule has 0 spiro atoms. The monoisotopic (exact) mass is 322 g/mol. The summed E-state index contributed by atoms with van der Waals surface area (Å²) in [7, 11) is 0. The number of nitrogens with two attached hydrogens (primary N) is 1. The Kier molecular flexibility index (Phi) is 4.33. The van der Waals surface area contributed by atoms with Crippen LogP contribution in [0.25, 0.3) is 11.2 Å². The molecule has 9 heteroatoms. The second-order valence-electron chi connectivity index (χ2n) is 6.22. The van der Waals surface area contributed by atoms with Gasteiger partial charge in [0, 0.05) is 19.0 Å². The number of nitrogens with one attached hydrogen (secondary N) is 2. The predicted octanol–water partition coefficient (Wildman–Crippen LogP) is -0.205. The van der Waals surface area contributed by atoms with Crippen molar-refractivity contribution >= 4 is 17.1 Å². The Morgan fingerprint density at radius 1 is 1.61 bits per heavy atom. The van der Waals surface area contributed by atoms with Gasteiger partial charge in [-0.2, -0.15) is 4.98 Å². The average molecular weight is 322 g/mol. The molecule has 0 aromatic carbocycles. The minimum Gasteiger partial charge on any atom is -0.394 e. The summed E-state index contributed by atoms with van der Waals surface area (Å²) < 4.78 is 7.42. The van der Waals surface area contributed by atoms with E-state index in [4.69, 9.17) is 10.5 Å². The van der Waals surface area contributed by atoms with Gasteiger partial charge in [-0.05, 0) is 5.92 Å². The van der Waals surface area contributed by atoms with E-state index in [1.807, 2.05) is 0 Å². The van der Waals surface area contributed by atoms with Crippen LogP contribution < -0.4 is 16.6 Å². The zero-order chi connectivity index (χ0) is 16.6. The molecule has 0 unspecified atom stereocenters. The van der Waals surface area contributed by atoms with Crippen LogP contribution in [0.15, 0.2) is 11.1 Å². The summed E-state index contributed by atoms with van der Waals surface area (Å²) in [5, 5.41) is 12.4. The summed E-state index contributed by atoms with van der Waals surface area (Å²) in [6, 6.07) is -0.261. The number of rotatable bonds is 5. The zero-order valence-corrected chi connectivity index (χ0v) is 13.2. The first-order valence-electron chi connectivity index (χ1n) is 7.72. The minimum absolute atomic E-state index is 0.139. The predicted molar refractivity (Wildman–Crippen MR) is 85.1 cm³/mol. The van der Waals surface area contributed by atoms with Gasteiger partial charge in [0.2, 0.25) is 5.95 Å². The highest BCUT2D eigenvalue weighted by atomic mass is 16.5. The lowest BCUT2D eigenvalue weighted by Crippen LogP contribution is -2.32. The van der Waals surface area contributed by atoms with Crippen molar-refractivity contribution in [3.63, 3.8) is 0 Å². The number of aliphatic hydroxyl groups is 1. The maximum Gasteiger partial charge on any atom is 0.280 e. The average Bonchev–Trinajstić information content (AvgIpc) is 3.08. The van der Waals surface area contributed by atoms with Gasteiger partial charge in [-0.3, -0.25) is 14.3 Å². The normalized spacial score (nSPS) is 24.7. The van der Waals surface area contributed by atoms with Gasteiger partial charge < -0.3 is 20.9 Å². The summed E-state index contributed by atoms with van der Waals surface area (Å²) in [6.45, 7) is 4.69. The van der Waals surface area contributed by atoms with E-state index in [2.05, 4.69) is 34.1 Å². The molecule has 3 rings (SSSR count). The maximum absolute atomic E-state index is 12.1. The number of hydrogen-bond acceptors (Lipinski definition) is 7. The molecule has 2 aromatic heterocycles. The molecule has 1 saturated heterocycles. The molecule has 9 nitrogen and oxygen atoms in total. The molecule has 1 aliphatic rings. The van der Waals surface area contributed by atoms with Gasteiger partial charge in [0.15, 0.2) is 11.2 Å². The molecule has 3 heterocycles. The van der Waals surface area contributed by atoms with Gasteiger partial charge in [-0.25, -0.2) is 4.98 Å². The van der Waals surface area contributed by atoms with Crippen LogP contribution in [0.5, 0.6) is 0 Å². The number of aromatic nitrogens is 4. The fourth-order valence-electron chi connectivity index (χ4n) is 2.62. The van der Waals surface area contributed by atoms with Crippen molar-refractivity contribution in [3.05, 3.63) is 16.7 Å². The molecule has 5 N–H and O–H groups in total. The van der Waals surface area contributed by atoms with E-state index < -0.39 is 6.10 Å². The third-order valence-corrected chi connectivity index (χ3v) is 3.88. The standard InChI is InChI=1S/C14H22N6O3/c1-7(2)4-16-14-18-12-11(13(22)19-14)17-6-20(12)10-3-8(15)9(5-21)23-10/h6-10,21H,3-5,15H2,1-2H3,(H2,16,18,19,22)/t8-,9+,10+/m0/s1. The number of hydrogen-bond donors (Lipinski definition) is 4. The van der Waals surface area contributed by atoms with Crippen LogP contribution in [0.1, 0.15) is 26.5 Å². The lowest BCUT2D eigenvalue weighted by Gasteiger charge is -2.14. The van der Waals surface area contributed by atoms with E-state index in [9.17, 15) is 9.90 Å². The van der Waals surface area contributed by atoms with Gasteiger partial charge >= 0.3 is 0 Å². The Labute approximate surface area is 132 Å². The third-order valence-electron chi connectivity index (χ3n) is 3.88. The van der Waals surface area contributed by atoms with Crippen LogP contribution in [-0.4, -0.2) is 49.9 Å². The summed E-state index contributed by atoms with van der Waals surface area (Å²) in [4.78, 5) is 23.4. The van der Waals surface area contributed by atoms with Crippen LogP contribution >= 0.6 is 0 Å². The molecule has 0 bridgehead atoms. The lowest BCUT2D eigenvalue weighted by molar-refractivity contribution is -0.0233. The van der Waals surface area contributed by atoms with Crippen molar-refractivity contribution in [1.82, 2.24) is 19.5 Å². The fourth-order valence-corrected chi connectivity index (χ4v) is 2.62. The molecule has 1 aliphatic heterocycles. The molecule has 1 fully saturated rings. The van der Waals surface area contributed by atoms with Crippen molar-refractivity contribution in [2.24, 2.45) is 11.7 Å². The Balaban J connectivity index is 1.94. The number of ether oxygens (including phenoxy) is 1. The van der Waals surface area contributed by atoms with Gasteiger partial charge in [-0.15, -0.1) is 0 Å². The number of nitrogens with zero attached hydrogens (tertiary/aromatic N) is 3. The second-order valence-corrected chi connectivity index (χ2v) is 6.22. The number of aromatic amines is 1. The van der Waals surface area contributed by atoms with Gasteiger partial charge in [0.1, 0.15) is 6.23 Å². The summed E-state index contributed by atoms with van der Waals surface area (Å²) >= 11 is 0. The van der Waals surface area contributed by atoms with E-state index in [0.717, 1.165) is 0 Å². The topological polar surface area (TPSA) is 131 Å². The second kappa shape index (κ2) is 6.26. The highest BCUT2D eigenvalue weighted by Crippen LogP contribution is 2.29. The Hall–Kier alpha value is -1.97. The summed E-state index contributed by atoms with van der Waals surface area (Å²) in [5.41, 5.74) is 6.34. The molecule has 0 aliphatic carbocycles. The van der Waals surface area contributed by atoms with Crippen LogP contribution in [0.2, 0.25) is 0 Å². The molecule has 23 heavy (non-hydrogen) atoms. The van der Waals surface area contributed by atoms with E-state index >= 15 is 0 Å². The minimum atomic E-state index is -0.419. The molecular weight excluding hydrogens is 300 g/mol. The molecule has 3 atom stereocenters. The van der Waals surface area contributed by atoms with Gasteiger partial charge in [-0.1, -0.05) is 13.8 Å². The van der Waals surface area contributed by atoms with Crippen LogP contribution in [0.4, 0.5) is 5.95 Å². The number of H-pyrrole nitrogens is 1. The SMILES string of the molecule is CC(C)CNc1nc2c(ncn2[C@H]2C[C@H](N)[C@@H](CO)O2)c(=O)[nH]1. The van der Waals surface area contributed by atoms with Gasteiger partial charge in [0.25, 0.3) is 5.56 Å². The van der Waals surface area contributed by atoms with Crippen molar-refractivity contribution in [3.8, 4) is 0 Å². The van der Waals surface area contributed by atoms with E-state index in [0.29, 0.717) is 30.5 Å². The number of aliphatic hydroxyl groups excluding tert-OH is 1. The third kappa shape index (κ3) is 3.07. The van der Waals surface area contributed by atoms with E-state index in [1.54, 1.807) is 4.57 Å². The Bertz CT molecular complexity index is 740. The van der Waals surface area contributed by atoms with Crippen molar-refractivity contribution in [2.45, 2.75) is 38.6 Å². The Morgan fingerprint density at radius 2 is 2.39 bits per heavy atom. The molecule has 0 radical (unpaired) electrons. The first-order valence-corrected chi connectivity index (χ1v) is 7.72. The summed E-state index contributed by atoms with van der Waals surface area (Å²) in [6.07, 6.45) is 1.24. The van der Waals surface area contributed by atoms with Crippen molar-refractivity contribution in [2.75, 3.05) is 18.5 Å². The lowest BCUT2D eigenvalue weighted by atomic mass is 10.1. The number of anilines is 1. The number of imidazole rings is 1. The van der Waals surface area contributed by atoms with Crippen molar-refractivity contribution < 1.29 is 9.84 Å². The smallest absolute Gasteiger partial charge is 0.280 e. The van der Waals surface area contributed by atoms with Crippen LogP contribution in [-0.2, 0) is 4.74 Å². The largest absolute Gasteiger partial charge is 0.394 e. The zero-order valence-electron chi connectivity index (χ0n) is 13.2. The highest BCUT2D eigenvalue weighted by molar-refractivity contribution is 5.70. The fraction of sp³-hybridized carbons (Fsp3) is 0.643. The highest BCUT2D eigenvalue weighted by Gasteiger charge is 2.34. The van der Waals surface area contributed by atoms with Crippen LogP contribution in [0, 0.1) is 5.92 Å². The molecule has 2 aromatic rings. The number of fused-ring (bicyclic) bond motifs is 1. The maximum atomic E-state index is 12.1. The van der Waals surface area contributed by atoms with Gasteiger partial charge in [0.05, 0.1) is 19.0 Å². The molecule has 0 saturated carbocycles. The van der Waals surface area contributed by atoms with E-state index in [1.165, 1.54) is 6.33 Å². The first kappa shape index (κ1) is 15.9.